The molecule has 2 N–H and O–H groups in total. The highest BCUT2D eigenvalue weighted by atomic mass is 32.1. The first-order chi connectivity index (χ1) is 14.1. The van der Waals surface area contributed by atoms with Gasteiger partial charge in [0.2, 0.25) is 0 Å². The standard InChI is InChI=1S/C20H33N7OS/c1-21-20(22-13-17(25(2)3)16-12-24-26(4)15-16)23-14-18(19-6-5-11-29-19)27-7-9-28-10-8-27/h5-6,11-12,15,17-18H,7-10,13-14H2,1-4H3,(H2,21,22,23). The molecule has 1 saturated heterocycles. The van der Waals surface area contributed by atoms with Gasteiger partial charge in [-0.15, -0.1) is 11.3 Å². The summed E-state index contributed by atoms with van der Waals surface area (Å²) >= 11 is 1.81. The first kappa shape index (κ1) is 21.8. The second kappa shape index (κ2) is 10.7. The van der Waals surface area contributed by atoms with Crippen LogP contribution < -0.4 is 10.6 Å². The zero-order chi connectivity index (χ0) is 20.6. The Kier molecular flexibility index (Phi) is 8.05. The highest BCUT2D eigenvalue weighted by Gasteiger charge is 2.24. The van der Waals surface area contributed by atoms with E-state index in [1.54, 1.807) is 0 Å². The summed E-state index contributed by atoms with van der Waals surface area (Å²) in [4.78, 5) is 10.5. The van der Waals surface area contributed by atoms with Crippen LogP contribution in [0.1, 0.15) is 22.5 Å². The Morgan fingerprint density at radius 1 is 1.31 bits per heavy atom. The predicted octanol–water partition coefficient (Wildman–Crippen LogP) is 1.32. The highest BCUT2D eigenvalue weighted by molar-refractivity contribution is 7.10. The van der Waals surface area contributed by atoms with E-state index in [9.17, 15) is 0 Å². The van der Waals surface area contributed by atoms with E-state index in [1.807, 2.05) is 36.3 Å². The van der Waals surface area contributed by atoms with Crippen LogP contribution >= 0.6 is 11.3 Å². The van der Waals surface area contributed by atoms with Gasteiger partial charge in [-0.25, -0.2) is 0 Å². The Morgan fingerprint density at radius 3 is 2.66 bits per heavy atom. The van der Waals surface area contributed by atoms with Gasteiger partial charge < -0.3 is 20.3 Å². The fraction of sp³-hybridized carbons (Fsp3) is 0.600. The largest absolute Gasteiger partial charge is 0.379 e. The molecule has 3 rings (SSSR count). The van der Waals surface area contributed by atoms with Gasteiger partial charge in [-0.3, -0.25) is 14.6 Å². The maximum absolute atomic E-state index is 5.54. The Bertz CT molecular complexity index is 753. The van der Waals surface area contributed by atoms with Crippen molar-refractivity contribution in [2.45, 2.75) is 12.1 Å². The van der Waals surface area contributed by atoms with Gasteiger partial charge >= 0.3 is 0 Å². The average Bonchev–Trinajstić information content (AvgIpc) is 3.39. The molecule has 0 bridgehead atoms. The highest BCUT2D eigenvalue weighted by Crippen LogP contribution is 2.25. The minimum absolute atomic E-state index is 0.217. The normalized spacial score (nSPS) is 18.0. The van der Waals surface area contributed by atoms with Crippen LogP contribution in [-0.4, -0.2) is 86.1 Å². The zero-order valence-corrected chi connectivity index (χ0v) is 18.7. The molecule has 0 aromatic carbocycles. The molecule has 1 aliphatic heterocycles. The number of hydrogen-bond donors (Lipinski definition) is 2. The van der Waals surface area contributed by atoms with Crippen LogP contribution in [0.3, 0.4) is 0 Å². The monoisotopic (exact) mass is 419 g/mol. The summed E-state index contributed by atoms with van der Waals surface area (Å²) in [6.45, 7) is 5.06. The number of aryl methyl sites for hydroxylation is 1. The van der Waals surface area contributed by atoms with Crippen molar-refractivity contribution in [1.29, 1.82) is 0 Å². The van der Waals surface area contributed by atoms with Gasteiger partial charge in [0, 0.05) is 56.9 Å². The molecule has 9 heteroatoms. The second-order valence-electron chi connectivity index (χ2n) is 7.44. The SMILES string of the molecule is CN=C(NCC(c1cnn(C)c1)N(C)C)NCC(c1cccs1)N1CCOCC1. The molecule has 160 valence electrons. The molecule has 2 unspecified atom stereocenters. The zero-order valence-electron chi connectivity index (χ0n) is 17.8. The average molecular weight is 420 g/mol. The summed E-state index contributed by atoms with van der Waals surface area (Å²) in [6.07, 6.45) is 3.99. The van der Waals surface area contributed by atoms with Gasteiger partial charge in [0.05, 0.1) is 31.5 Å². The molecular weight excluding hydrogens is 386 g/mol. The summed E-state index contributed by atoms with van der Waals surface area (Å²) in [5, 5.41) is 13.5. The van der Waals surface area contributed by atoms with Gasteiger partial charge in [0.1, 0.15) is 0 Å². The summed E-state index contributed by atoms with van der Waals surface area (Å²) in [7, 11) is 7.93. The lowest BCUT2D eigenvalue weighted by atomic mass is 10.1. The van der Waals surface area contributed by atoms with Crippen molar-refractivity contribution in [2.24, 2.45) is 12.0 Å². The Hall–Kier alpha value is -1.94. The molecule has 29 heavy (non-hydrogen) atoms. The lowest BCUT2D eigenvalue weighted by molar-refractivity contribution is 0.0177. The van der Waals surface area contributed by atoms with Gasteiger partial charge in [-0.05, 0) is 25.5 Å². The van der Waals surface area contributed by atoms with Crippen LogP contribution in [0.4, 0.5) is 0 Å². The maximum atomic E-state index is 5.54. The van der Waals surface area contributed by atoms with Crippen molar-refractivity contribution in [2.75, 3.05) is 60.5 Å². The summed E-state index contributed by atoms with van der Waals surface area (Å²) in [5.41, 5.74) is 1.19. The quantitative estimate of drug-likeness (QED) is 0.497. The van der Waals surface area contributed by atoms with E-state index in [4.69, 9.17) is 4.74 Å². The summed E-state index contributed by atoms with van der Waals surface area (Å²) in [5.74, 6) is 0.815. The number of rotatable bonds is 8. The van der Waals surface area contributed by atoms with E-state index >= 15 is 0 Å². The minimum Gasteiger partial charge on any atom is -0.379 e. The third kappa shape index (κ3) is 6.02. The number of likely N-dealkylation sites (N-methyl/N-ethyl adjacent to an activating group) is 1. The van der Waals surface area contributed by atoms with Crippen molar-refractivity contribution in [3.63, 3.8) is 0 Å². The van der Waals surface area contributed by atoms with Gasteiger partial charge in [0.15, 0.2) is 5.96 Å². The number of nitrogens with one attached hydrogen (secondary N) is 2. The lowest BCUT2D eigenvalue weighted by Gasteiger charge is -2.34. The van der Waals surface area contributed by atoms with Crippen molar-refractivity contribution < 1.29 is 4.74 Å². The summed E-state index contributed by atoms with van der Waals surface area (Å²) in [6, 6.07) is 4.87. The number of guanidine groups is 1. The Balaban J connectivity index is 1.59. The van der Waals surface area contributed by atoms with Crippen LogP contribution in [0.25, 0.3) is 0 Å². The number of morpholine rings is 1. The molecule has 2 aromatic heterocycles. The van der Waals surface area contributed by atoms with Crippen LogP contribution in [0.15, 0.2) is 34.9 Å². The maximum Gasteiger partial charge on any atom is 0.191 e. The molecule has 0 saturated carbocycles. The number of thiophene rings is 1. The molecule has 1 fully saturated rings. The van der Waals surface area contributed by atoms with Crippen molar-refractivity contribution in [1.82, 2.24) is 30.2 Å². The lowest BCUT2D eigenvalue weighted by Crippen LogP contribution is -2.47. The molecule has 3 heterocycles. The molecule has 2 atom stereocenters. The molecule has 0 radical (unpaired) electrons. The minimum atomic E-state index is 0.217. The third-order valence-electron chi connectivity index (χ3n) is 5.24. The number of aliphatic imine (C=N–C) groups is 1. The fourth-order valence-electron chi connectivity index (χ4n) is 3.60. The van der Waals surface area contributed by atoms with Crippen LogP contribution in [-0.2, 0) is 11.8 Å². The number of ether oxygens (including phenoxy) is 1. The van der Waals surface area contributed by atoms with E-state index in [2.05, 4.69) is 68.3 Å². The smallest absolute Gasteiger partial charge is 0.191 e. The number of nitrogens with zero attached hydrogens (tertiary/aromatic N) is 5. The first-order valence-electron chi connectivity index (χ1n) is 10.0. The predicted molar refractivity (Wildman–Crippen MR) is 118 cm³/mol. The third-order valence-corrected chi connectivity index (χ3v) is 6.21. The van der Waals surface area contributed by atoms with E-state index in [0.717, 1.165) is 45.4 Å². The van der Waals surface area contributed by atoms with Crippen molar-refractivity contribution >= 4 is 17.3 Å². The molecular formula is C20H33N7OS. The molecule has 0 spiro atoms. The summed E-state index contributed by atoms with van der Waals surface area (Å²) < 4.78 is 7.38. The van der Waals surface area contributed by atoms with E-state index in [-0.39, 0.29) is 6.04 Å². The van der Waals surface area contributed by atoms with E-state index in [1.165, 1.54) is 10.4 Å². The molecule has 8 nitrogen and oxygen atoms in total. The molecule has 2 aromatic rings. The van der Waals surface area contributed by atoms with Gasteiger partial charge in [-0.2, -0.15) is 5.10 Å². The fourth-order valence-corrected chi connectivity index (χ4v) is 4.46. The van der Waals surface area contributed by atoms with Crippen LogP contribution in [0, 0.1) is 0 Å². The Morgan fingerprint density at radius 2 is 2.07 bits per heavy atom. The second-order valence-corrected chi connectivity index (χ2v) is 8.42. The molecule has 0 aliphatic carbocycles. The van der Waals surface area contributed by atoms with Gasteiger partial charge in [-0.1, -0.05) is 6.07 Å². The van der Waals surface area contributed by atoms with Crippen molar-refractivity contribution in [3.8, 4) is 0 Å². The van der Waals surface area contributed by atoms with E-state index in [0.29, 0.717) is 6.04 Å². The topological polar surface area (TPSA) is 70.0 Å². The number of aromatic nitrogens is 2. The van der Waals surface area contributed by atoms with Crippen molar-refractivity contribution in [3.05, 3.63) is 40.3 Å². The van der Waals surface area contributed by atoms with Crippen LogP contribution in [0.5, 0.6) is 0 Å². The van der Waals surface area contributed by atoms with Crippen LogP contribution in [0.2, 0.25) is 0 Å². The number of hydrogen-bond acceptors (Lipinski definition) is 6. The Labute approximate surface area is 177 Å². The first-order valence-corrected chi connectivity index (χ1v) is 10.9. The molecule has 0 amide bonds. The van der Waals surface area contributed by atoms with Gasteiger partial charge in [0.25, 0.3) is 0 Å². The molecule has 1 aliphatic rings. The van der Waals surface area contributed by atoms with E-state index < -0.39 is 0 Å².